The minimum Gasteiger partial charge on any atom is -0.361 e. The minimum atomic E-state index is -0.0127. The van der Waals surface area contributed by atoms with Crippen LogP contribution in [0, 0.1) is 6.92 Å². The first-order chi connectivity index (χ1) is 13.7. The van der Waals surface area contributed by atoms with E-state index in [1.807, 2.05) is 23.2 Å². The van der Waals surface area contributed by atoms with Gasteiger partial charge >= 0.3 is 0 Å². The van der Waals surface area contributed by atoms with Gasteiger partial charge in [0.25, 0.3) is 5.91 Å². The van der Waals surface area contributed by atoms with Gasteiger partial charge in [-0.05, 0) is 39.0 Å². The van der Waals surface area contributed by atoms with Gasteiger partial charge in [0.05, 0.1) is 10.7 Å². The quantitative estimate of drug-likeness (QED) is 0.790. The normalized spacial score (nSPS) is 22.0. The molecule has 0 spiro atoms. The molecule has 150 valence electrons. The molecule has 28 heavy (non-hydrogen) atoms. The van der Waals surface area contributed by atoms with Crippen molar-refractivity contribution in [2.24, 2.45) is 0 Å². The van der Waals surface area contributed by atoms with Gasteiger partial charge in [0.1, 0.15) is 5.76 Å². The van der Waals surface area contributed by atoms with E-state index >= 15 is 0 Å². The van der Waals surface area contributed by atoms with Crippen molar-refractivity contribution in [3.05, 3.63) is 33.1 Å². The molecule has 2 aromatic rings. The van der Waals surface area contributed by atoms with E-state index in [-0.39, 0.29) is 5.91 Å². The molecule has 3 aliphatic rings. The van der Waals surface area contributed by atoms with Gasteiger partial charge in [-0.1, -0.05) is 11.6 Å². The summed E-state index contributed by atoms with van der Waals surface area (Å²) in [6, 6.07) is 2.56. The van der Waals surface area contributed by atoms with Crippen molar-refractivity contribution in [3.8, 4) is 0 Å². The first kappa shape index (κ1) is 18.3. The molecule has 0 unspecified atom stereocenters. The fraction of sp³-hybridized carbons (Fsp3) is 0.667. The Kier molecular flexibility index (Phi) is 4.97. The molecule has 1 aliphatic carbocycles. The molecule has 0 N–H and O–H groups in total. The standard InChI is InChI=1S/C21H28N4O2S/c1-14-13-18(23-27-14)21(26)25-9-5-15(6-10-25)20-22-17-7-11-24(16-3-2-4-16)12-8-19(17)28-20/h13,15-16H,2-12H2,1H3. The van der Waals surface area contributed by atoms with Crippen molar-refractivity contribution in [1.29, 1.82) is 0 Å². The Balaban J connectivity index is 1.19. The summed E-state index contributed by atoms with van der Waals surface area (Å²) < 4.78 is 5.05. The zero-order chi connectivity index (χ0) is 19.1. The van der Waals surface area contributed by atoms with Crippen LogP contribution in [0.5, 0.6) is 0 Å². The van der Waals surface area contributed by atoms with E-state index in [0.29, 0.717) is 17.4 Å². The maximum atomic E-state index is 12.6. The number of carbonyl (C=O) groups excluding carboxylic acids is 1. The summed E-state index contributed by atoms with van der Waals surface area (Å²) >= 11 is 1.94. The number of likely N-dealkylation sites (tertiary alicyclic amines) is 1. The number of amides is 1. The van der Waals surface area contributed by atoms with E-state index in [1.165, 1.54) is 47.9 Å². The Hall–Kier alpha value is -1.73. The van der Waals surface area contributed by atoms with Gasteiger partial charge in [-0.3, -0.25) is 9.69 Å². The third kappa shape index (κ3) is 3.50. The Morgan fingerprint density at radius 1 is 1.14 bits per heavy atom. The lowest BCUT2D eigenvalue weighted by molar-refractivity contribution is 0.0702. The van der Waals surface area contributed by atoms with E-state index in [9.17, 15) is 4.79 Å². The third-order valence-corrected chi connectivity index (χ3v) is 7.95. The predicted octanol–water partition coefficient (Wildman–Crippen LogP) is 3.41. The highest BCUT2D eigenvalue weighted by molar-refractivity contribution is 7.11. The Labute approximate surface area is 169 Å². The first-order valence-corrected chi connectivity index (χ1v) is 11.4. The van der Waals surface area contributed by atoms with Crippen LogP contribution in [0.15, 0.2) is 10.6 Å². The Bertz CT molecular complexity index is 823. The van der Waals surface area contributed by atoms with Crippen LogP contribution < -0.4 is 0 Å². The van der Waals surface area contributed by atoms with E-state index in [1.54, 1.807) is 6.07 Å². The second kappa shape index (κ2) is 7.59. The predicted molar refractivity (Wildman–Crippen MR) is 108 cm³/mol. The lowest BCUT2D eigenvalue weighted by Crippen LogP contribution is -2.41. The van der Waals surface area contributed by atoms with Gasteiger partial charge in [-0.15, -0.1) is 11.3 Å². The number of hydrogen-bond acceptors (Lipinski definition) is 6. The van der Waals surface area contributed by atoms with Crippen molar-refractivity contribution < 1.29 is 9.32 Å². The van der Waals surface area contributed by atoms with Crippen LogP contribution in [0.2, 0.25) is 0 Å². The smallest absolute Gasteiger partial charge is 0.276 e. The van der Waals surface area contributed by atoms with E-state index in [4.69, 9.17) is 9.51 Å². The van der Waals surface area contributed by atoms with Gasteiger partial charge in [0.15, 0.2) is 5.69 Å². The third-order valence-electron chi connectivity index (χ3n) is 6.63. The van der Waals surface area contributed by atoms with Gasteiger partial charge in [-0.2, -0.15) is 0 Å². The molecular weight excluding hydrogens is 372 g/mol. The van der Waals surface area contributed by atoms with Crippen LogP contribution >= 0.6 is 11.3 Å². The second-order valence-corrected chi connectivity index (χ2v) is 9.55. The van der Waals surface area contributed by atoms with Crippen LogP contribution in [0.1, 0.15) is 69.8 Å². The molecule has 0 aromatic carbocycles. The molecule has 0 atom stereocenters. The maximum Gasteiger partial charge on any atom is 0.276 e. The van der Waals surface area contributed by atoms with Gasteiger partial charge in [0.2, 0.25) is 0 Å². The van der Waals surface area contributed by atoms with Gasteiger partial charge < -0.3 is 9.42 Å². The summed E-state index contributed by atoms with van der Waals surface area (Å²) in [6.07, 6.45) is 8.42. The number of thiazole rings is 1. The fourth-order valence-corrected chi connectivity index (χ4v) is 5.92. The van der Waals surface area contributed by atoms with Gasteiger partial charge in [-0.25, -0.2) is 4.98 Å². The number of carbonyl (C=O) groups is 1. The van der Waals surface area contributed by atoms with Crippen molar-refractivity contribution in [3.63, 3.8) is 0 Å². The van der Waals surface area contributed by atoms with E-state index in [0.717, 1.165) is 44.8 Å². The zero-order valence-electron chi connectivity index (χ0n) is 16.5. The number of piperidine rings is 1. The molecule has 1 amide bonds. The van der Waals surface area contributed by atoms with Crippen LogP contribution in [0.3, 0.4) is 0 Å². The molecule has 5 rings (SSSR count). The van der Waals surface area contributed by atoms with Crippen molar-refractivity contribution in [2.45, 2.75) is 63.8 Å². The topological polar surface area (TPSA) is 62.5 Å². The minimum absolute atomic E-state index is 0.0127. The van der Waals surface area contributed by atoms with Crippen LogP contribution in [0.25, 0.3) is 0 Å². The first-order valence-electron chi connectivity index (χ1n) is 10.6. The molecule has 1 saturated heterocycles. The summed E-state index contributed by atoms with van der Waals surface area (Å²) in [6.45, 7) is 5.73. The van der Waals surface area contributed by atoms with Crippen LogP contribution in [0.4, 0.5) is 0 Å². The highest BCUT2D eigenvalue weighted by Gasteiger charge is 2.30. The Morgan fingerprint density at radius 2 is 1.93 bits per heavy atom. The van der Waals surface area contributed by atoms with Crippen LogP contribution in [-0.4, -0.2) is 58.1 Å². The average molecular weight is 401 g/mol. The summed E-state index contributed by atoms with van der Waals surface area (Å²) in [5.41, 5.74) is 1.77. The number of hydrogen-bond donors (Lipinski definition) is 0. The van der Waals surface area contributed by atoms with Crippen molar-refractivity contribution in [2.75, 3.05) is 26.2 Å². The average Bonchev–Trinajstić information content (AvgIpc) is 3.24. The number of aromatic nitrogens is 2. The molecule has 1 saturated carbocycles. The number of aryl methyl sites for hydroxylation is 1. The maximum absolute atomic E-state index is 12.6. The number of fused-ring (bicyclic) bond motifs is 1. The fourth-order valence-electron chi connectivity index (χ4n) is 4.65. The van der Waals surface area contributed by atoms with E-state index in [2.05, 4.69) is 10.1 Å². The second-order valence-electron chi connectivity index (χ2n) is 8.43. The van der Waals surface area contributed by atoms with Crippen molar-refractivity contribution in [1.82, 2.24) is 19.9 Å². The molecule has 6 nitrogen and oxygen atoms in total. The zero-order valence-corrected chi connectivity index (χ0v) is 17.3. The molecule has 2 fully saturated rings. The summed E-state index contributed by atoms with van der Waals surface area (Å²) in [5.74, 6) is 1.16. The molecule has 2 aliphatic heterocycles. The van der Waals surface area contributed by atoms with Gasteiger partial charge in [0, 0.05) is 55.5 Å². The largest absolute Gasteiger partial charge is 0.361 e. The van der Waals surface area contributed by atoms with Crippen LogP contribution in [-0.2, 0) is 12.8 Å². The number of nitrogens with zero attached hydrogens (tertiary/aromatic N) is 4. The Morgan fingerprint density at radius 3 is 2.61 bits per heavy atom. The highest BCUT2D eigenvalue weighted by Crippen LogP contribution is 2.35. The summed E-state index contributed by atoms with van der Waals surface area (Å²) in [5, 5.41) is 5.17. The molecule has 2 aromatic heterocycles. The number of rotatable bonds is 3. The van der Waals surface area contributed by atoms with E-state index < -0.39 is 0 Å². The molecule has 7 heteroatoms. The summed E-state index contributed by atoms with van der Waals surface area (Å²) in [7, 11) is 0. The SMILES string of the molecule is Cc1cc(C(=O)N2CCC(c3nc4c(s3)CCN(C3CCC3)CC4)CC2)no1. The highest BCUT2D eigenvalue weighted by atomic mass is 32.1. The molecular formula is C21H28N4O2S. The molecule has 0 radical (unpaired) electrons. The molecule has 4 heterocycles. The lowest BCUT2D eigenvalue weighted by atomic mass is 9.91. The molecule has 0 bridgehead atoms. The lowest BCUT2D eigenvalue weighted by Gasteiger charge is -2.36. The summed E-state index contributed by atoms with van der Waals surface area (Å²) in [4.78, 5) is 23.7. The monoisotopic (exact) mass is 400 g/mol. The van der Waals surface area contributed by atoms with Crippen molar-refractivity contribution >= 4 is 17.2 Å².